The molecule has 1 saturated carbocycles. The van der Waals surface area contributed by atoms with Crippen molar-refractivity contribution in [1.29, 1.82) is 0 Å². The maximum atomic E-state index is 12.8. The Bertz CT molecular complexity index is 863. The third-order valence-corrected chi connectivity index (χ3v) is 5.00. The van der Waals surface area contributed by atoms with Crippen molar-refractivity contribution in [2.75, 3.05) is 24.9 Å². The minimum atomic E-state index is -0.328. The molecule has 7 heteroatoms. The molecule has 0 aliphatic heterocycles. The molecular formula is C22H27N3O4. The standard InChI is InChI=1S/C22H27N3O4/c1-28-19-13-12-16(14-20(19)29-2)23-21(26)17-10-6-7-11-18(17)25-22(27)24-15-8-4-3-5-9-15/h6-7,10-15H,3-5,8-9H2,1-2H3,(H,23,26)(H2,24,25,27). The number of nitrogens with one attached hydrogen (secondary N) is 3. The van der Waals surface area contributed by atoms with Crippen LogP contribution < -0.4 is 25.4 Å². The monoisotopic (exact) mass is 397 g/mol. The maximum Gasteiger partial charge on any atom is 0.319 e. The molecule has 0 atom stereocenters. The number of carbonyl (C=O) groups is 2. The van der Waals surface area contributed by atoms with Gasteiger partial charge in [-0.3, -0.25) is 4.79 Å². The van der Waals surface area contributed by atoms with Crippen LogP contribution in [-0.4, -0.2) is 32.2 Å². The Labute approximate surface area is 170 Å². The average Bonchev–Trinajstić information content (AvgIpc) is 2.74. The fraction of sp³-hybridized carbons (Fsp3) is 0.364. The van der Waals surface area contributed by atoms with E-state index in [4.69, 9.17) is 9.47 Å². The molecule has 3 N–H and O–H groups in total. The van der Waals surface area contributed by atoms with Gasteiger partial charge in [-0.05, 0) is 37.1 Å². The normalized spacial score (nSPS) is 14.0. The SMILES string of the molecule is COc1ccc(NC(=O)c2ccccc2NC(=O)NC2CCCCC2)cc1OC. The fourth-order valence-electron chi connectivity index (χ4n) is 3.49. The number of para-hydroxylation sites is 1. The Balaban J connectivity index is 1.69. The van der Waals surface area contributed by atoms with Crippen LogP contribution in [0.15, 0.2) is 42.5 Å². The Kier molecular flexibility index (Phi) is 6.94. The van der Waals surface area contributed by atoms with Crippen molar-refractivity contribution < 1.29 is 19.1 Å². The first-order valence-electron chi connectivity index (χ1n) is 9.80. The molecular weight excluding hydrogens is 370 g/mol. The van der Waals surface area contributed by atoms with Crippen LogP contribution in [0.3, 0.4) is 0 Å². The molecule has 1 aliphatic rings. The van der Waals surface area contributed by atoms with Gasteiger partial charge < -0.3 is 25.4 Å². The van der Waals surface area contributed by atoms with Crippen molar-refractivity contribution in [2.24, 2.45) is 0 Å². The third-order valence-electron chi connectivity index (χ3n) is 5.00. The number of urea groups is 1. The average molecular weight is 397 g/mol. The number of hydrogen-bond acceptors (Lipinski definition) is 4. The predicted molar refractivity (Wildman–Crippen MR) is 113 cm³/mol. The number of benzene rings is 2. The second-order valence-electron chi connectivity index (χ2n) is 7.00. The lowest BCUT2D eigenvalue weighted by atomic mass is 9.96. The van der Waals surface area contributed by atoms with E-state index in [2.05, 4.69) is 16.0 Å². The van der Waals surface area contributed by atoms with E-state index in [-0.39, 0.29) is 18.0 Å². The number of rotatable bonds is 6. The Hall–Kier alpha value is -3.22. The fourth-order valence-corrected chi connectivity index (χ4v) is 3.49. The smallest absolute Gasteiger partial charge is 0.319 e. The number of anilines is 2. The molecule has 0 unspecified atom stereocenters. The summed E-state index contributed by atoms with van der Waals surface area (Å²) >= 11 is 0. The zero-order valence-corrected chi connectivity index (χ0v) is 16.8. The quantitative estimate of drug-likeness (QED) is 0.674. The number of carbonyl (C=O) groups excluding carboxylic acids is 2. The van der Waals surface area contributed by atoms with Gasteiger partial charge in [0.25, 0.3) is 5.91 Å². The van der Waals surface area contributed by atoms with Crippen LogP contribution in [0, 0.1) is 0 Å². The first kappa shape index (κ1) is 20.5. The van der Waals surface area contributed by atoms with E-state index in [1.54, 1.807) is 49.6 Å². The molecule has 0 bridgehead atoms. The van der Waals surface area contributed by atoms with E-state index in [0.717, 1.165) is 25.7 Å². The van der Waals surface area contributed by atoms with Crippen LogP contribution in [0.1, 0.15) is 42.5 Å². The molecule has 2 aromatic carbocycles. The van der Waals surface area contributed by atoms with Gasteiger partial charge in [0.2, 0.25) is 0 Å². The minimum absolute atomic E-state index is 0.191. The van der Waals surface area contributed by atoms with Gasteiger partial charge in [0.05, 0.1) is 25.5 Å². The molecule has 3 amide bonds. The molecule has 1 aliphatic carbocycles. The highest BCUT2D eigenvalue weighted by Crippen LogP contribution is 2.30. The lowest BCUT2D eigenvalue weighted by Gasteiger charge is -2.23. The summed E-state index contributed by atoms with van der Waals surface area (Å²) in [6.45, 7) is 0. The summed E-state index contributed by atoms with van der Waals surface area (Å²) in [5, 5.41) is 8.64. The zero-order chi connectivity index (χ0) is 20.6. The van der Waals surface area contributed by atoms with Crippen LogP contribution >= 0.6 is 0 Å². The lowest BCUT2D eigenvalue weighted by Crippen LogP contribution is -2.39. The van der Waals surface area contributed by atoms with Crippen LogP contribution in [-0.2, 0) is 0 Å². The summed E-state index contributed by atoms with van der Waals surface area (Å²) in [6.07, 6.45) is 5.48. The number of amides is 3. The minimum Gasteiger partial charge on any atom is -0.493 e. The van der Waals surface area contributed by atoms with Gasteiger partial charge in [-0.15, -0.1) is 0 Å². The summed E-state index contributed by atoms with van der Waals surface area (Å²) < 4.78 is 10.5. The predicted octanol–water partition coefficient (Wildman–Crippen LogP) is 4.41. The van der Waals surface area contributed by atoms with Crippen molar-refractivity contribution >= 4 is 23.3 Å². The molecule has 3 rings (SSSR count). The molecule has 0 heterocycles. The largest absolute Gasteiger partial charge is 0.493 e. The highest BCUT2D eigenvalue weighted by atomic mass is 16.5. The van der Waals surface area contributed by atoms with Gasteiger partial charge in [-0.25, -0.2) is 4.79 Å². The Morgan fingerprint density at radius 2 is 1.62 bits per heavy atom. The van der Waals surface area contributed by atoms with Crippen molar-refractivity contribution in [3.63, 3.8) is 0 Å². The van der Waals surface area contributed by atoms with E-state index >= 15 is 0 Å². The van der Waals surface area contributed by atoms with E-state index in [1.165, 1.54) is 13.5 Å². The maximum absolute atomic E-state index is 12.8. The van der Waals surface area contributed by atoms with Crippen molar-refractivity contribution in [1.82, 2.24) is 5.32 Å². The molecule has 0 radical (unpaired) electrons. The first-order chi connectivity index (χ1) is 14.1. The molecule has 0 aromatic heterocycles. The second-order valence-corrected chi connectivity index (χ2v) is 7.00. The summed E-state index contributed by atoms with van der Waals surface area (Å²) in [7, 11) is 3.09. The highest BCUT2D eigenvalue weighted by Gasteiger charge is 2.18. The molecule has 0 saturated heterocycles. The Morgan fingerprint density at radius 1 is 0.897 bits per heavy atom. The Morgan fingerprint density at radius 3 is 2.34 bits per heavy atom. The van der Waals surface area contributed by atoms with Crippen molar-refractivity contribution in [3.8, 4) is 11.5 Å². The zero-order valence-electron chi connectivity index (χ0n) is 16.8. The molecule has 7 nitrogen and oxygen atoms in total. The number of hydrogen-bond donors (Lipinski definition) is 3. The molecule has 0 spiro atoms. The van der Waals surface area contributed by atoms with Crippen LogP contribution in [0.25, 0.3) is 0 Å². The van der Waals surface area contributed by atoms with Gasteiger partial charge in [0.1, 0.15) is 0 Å². The lowest BCUT2D eigenvalue weighted by molar-refractivity contribution is 0.102. The summed E-state index contributed by atoms with van der Waals surface area (Å²) in [5.74, 6) is 0.765. The highest BCUT2D eigenvalue weighted by molar-refractivity contribution is 6.10. The second kappa shape index (κ2) is 9.82. The topological polar surface area (TPSA) is 88.7 Å². The first-order valence-corrected chi connectivity index (χ1v) is 9.80. The van der Waals surface area contributed by atoms with Crippen molar-refractivity contribution in [3.05, 3.63) is 48.0 Å². The summed E-state index contributed by atoms with van der Waals surface area (Å²) in [5.41, 5.74) is 1.40. The van der Waals surface area contributed by atoms with Crippen LogP contribution in [0.5, 0.6) is 11.5 Å². The van der Waals surface area contributed by atoms with E-state index in [1.807, 2.05) is 0 Å². The van der Waals surface area contributed by atoms with Crippen LogP contribution in [0.4, 0.5) is 16.2 Å². The van der Waals surface area contributed by atoms with E-state index in [9.17, 15) is 9.59 Å². The van der Waals surface area contributed by atoms with E-state index < -0.39 is 0 Å². The summed E-state index contributed by atoms with van der Waals surface area (Å²) in [4.78, 5) is 25.2. The van der Waals surface area contributed by atoms with Gasteiger partial charge in [-0.2, -0.15) is 0 Å². The van der Waals surface area contributed by atoms with Crippen LogP contribution in [0.2, 0.25) is 0 Å². The van der Waals surface area contributed by atoms with Gasteiger partial charge in [0, 0.05) is 17.8 Å². The van der Waals surface area contributed by atoms with Crippen molar-refractivity contribution in [2.45, 2.75) is 38.1 Å². The number of methoxy groups -OCH3 is 2. The van der Waals surface area contributed by atoms with Gasteiger partial charge in [-0.1, -0.05) is 31.4 Å². The van der Waals surface area contributed by atoms with Gasteiger partial charge in [0.15, 0.2) is 11.5 Å². The molecule has 154 valence electrons. The summed E-state index contributed by atoms with van der Waals surface area (Å²) in [6, 6.07) is 12.0. The van der Waals surface area contributed by atoms with Gasteiger partial charge >= 0.3 is 6.03 Å². The molecule has 29 heavy (non-hydrogen) atoms. The third kappa shape index (κ3) is 5.40. The number of ether oxygens (including phenoxy) is 2. The molecule has 2 aromatic rings. The van der Waals surface area contributed by atoms with E-state index in [0.29, 0.717) is 28.4 Å². The molecule has 1 fully saturated rings.